The van der Waals surface area contributed by atoms with E-state index in [0.29, 0.717) is 11.3 Å². The van der Waals surface area contributed by atoms with Crippen LogP contribution in [0.1, 0.15) is 28.7 Å². The van der Waals surface area contributed by atoms with Crippen LogP contribution in [0.5, 0.6) is 0 Å². The summed E-state index contributed by atoms with van der Waals surface area (Å²) in [5.41, 5.74) is 2.04. The normalized spacial score (nSPS) is 14.4. The van der Waals surface area contributed by atoms with Crippen molar-refractivity contribution < 1.29 is 9.90 Å². The highest BCUT2D eigenvalue weighted by atomic mass is 32.2. The molecule has 0 aliphatic heterocycles. The second-order valence-electron chi connectivity index (χ2n) is 4.03. The highest BCUT2D eigenvalue weighted by Crippen LogP contribution is 2.13. The first kappa shape index (κ1) is 14.1. The van der Waals surface area contributed by atoms with E-state index in [4.69, 9.17) is 5.11 Å². The number of hydrogen-bond acceptors (Lipinski definition) is 4. The molecule has 1 amide bonds. The highest BCUT2D eigenvalue weighted by molar-refractivity contribution is 7.99. The molecule has 1 heterocycles. The predicted molar refractivity (Wildman–Crippen MR) is 69.4 cm³/mol. The first-order valence-electron chi connectivity index (χ1n) is 5.47. The molecule has 17 heavy (non-hydrogen) atoms. The van der Waals surface area contributed by atoms with Crippen LogP contribution in [0.2, 0.25) is 0 Å². The summed E-state index contributed by atoms with van der Waals surface area (Å²) in [5, 5.41) is 18.8. The van der Waals surface area contributed by atoms with Crippen molar-refractivity contribution in [3.8, 4) is 0 Å². The summed E-state index contributed by atoms with van der Waals surface area (Å²) in [5.74, 6) is -0.145. The molecule has 3 N–H and O–H groups in total. The van der Waals surface area contributed by atoms with E-state index >= 15 is 0 Å². The topological polar surface area (TPSA) is 78.0 Å². The lowest BCUT2D eigenvalue weighted by atomic mass is 10.1. The summed E-state index contributed by atoms with van der Waals surface area (Å²) in [6.45, 7) is 5.55. The summed E-state index contributed by atoms with van der Waals surface area (Å²) >= 11 is 1.54. The predicted octanol–water partition coefficient (Wildman–Crippen LogP) is 0.869. The van der Waals surface area contributed by atoms with Crippen LogP contribution in [0.3, 0.4) is 0 Å². The number of hydrogen-bond donors (Lipinski definition) is 3. The standard InChI is InChI=1S/C11H19N3O2S/c1-6(9(5-15)17-4)12-11(16)10-7(2)13-14-8(10)3/h6,9,15H,5H2,1-4H3,(H,12,16)(H,13,14). The van der Waals surface area contributed by atoms with Gasteiger partial charge in [-0.1, -0.05) is 0 Å². The number of nitrogens with one attached hydrogen (secondary N) is 2. The number of aromatic amines is 1. The summed E-state index contributed by atoms with van der Waals surface area (Å²) in [6.07, 6.45) is 1.91. The Kier molecular flexibility index (Phi) is 5.02. The van der Waals surface area contributed by atoms with Crippen molar-refractivity contribution in [1.29, 1.82) is 0 Å². The fraction of sp³-hybridized carbons (Fsp3) is 0.636. The molecule has 6 heteroatoms. The molecule has 0 aromatic carbocycles. The van der Waals surface area contributed by atoms with Gasteiger partial charge in [-0.2, -0.15) is 16.9 Å². The summed E-state index contributed by atoms with van der Waals surface area (Å²) < 4.78 is 0. The maximum atomic E-state index is 12.0. The minimum Gasteiger partial charge on any atom is -0.395 e. The van der Waals surface area contributed by atoms with E-state index in [-0.39, 0.29) is 23.8 Å². The molecule has 0 fully saturated rings. The number of aliphatic hydroxyl groups excluding tert-OH is 1. The Bertz CT molecular complexity index is 369. The van der Waals surface area contributed by atoms with Gasteiger partial charge in [0.15, 0.2) is 0 Å². The van der Waals surface area contributed by atoms with Crippen LogP contribution in [-0.4, -0.2) is 45.4 Å². The fourth-order valence-corrected chi connectivity index (χ4v) is 2.32. The van der Waals surface area contributed by atoms with Crippen LogP contribution in [0.15, 0.2) is 0 Å². The quantitative estimate of drug-likeness (QED) is 0.731. The lowest BCUT2D eigenvalue weighted by Crippen LogP contribution is -2.41. The van der Waals surface area contributed by atoms with E-state index in [1.165, 1.54) is 11.8 Å². The van der Waals surface area contributed by atoms with Gasteiger partial charge < -0.3 is 10.4 Å². The first-order valence-corrected chi connectivity index (χ1v) is 6.76. The third-order valence-electron chi connectivity index (χ3n) is 2.75. The highest BCUT2D eigenvalue weighted by Gasteiger charge is 2.21. The van der Waals surface area contributed by atoms with Crippen LogP contribution in [0.25, 0.3) is 0 Å². The summed E-state index contributed by atoms with van der Waals surface area (Å²) in [7, 11) is 0. The van der Waals surface area contributed by atoms with Crippen LogP contribution < -0.4 is 5.32 Å². The molecule has 0 radical (unpaired) electrons. The van der Waals surface area contributed by atoms with Gasteiger partial charge in [-0.15, -0.1) is 0 Å². The van der Waals surface area contributed by atoms with Crippen LogP contribution in [0.4, 0.5) is 0 Å². The van der Waals surface area contributed by atoms with Gasteiger partial charge in [0, 0.05) is 17.0 Å². The van der Waals surface area contributed by atoms with E-state index in [0.717, 1.165) is 5.69 Å². The number of H-pyrrole nitrogens is 1. The molecular weight excluding hydrogens is 238 g/mol. The lowest BCUT2D eigenvalue weighted by molar-refractivity contribution is 0.0935. The Morgan fingerprint density at radius 3 is 2.65 bits per heavy atom. The van der Waals surface area contributed by atoms with Crippen molar-refractivity contribution in [1.82, 2.24) is 15.5 Å². The molecule has 5 nitrogen and oxygen atoms in total. The van der Waals surface area contributed by atoms with Gasteiger partial charge in [0.05, 0.1) is 17.9 Å². The SMILES string of the molecule is CSC(CO)C(C)NC(=O)c1c(C)n[nH]c1C. The molecule has 0 saturated heterocycles. The zero-order valence-electron chi connectivity index (χ0n) is 10.6. The molecule has 1 aromatic heterocycles. The second kappa shape index (κ2) is 6.07. The molecule has 0 aliphatic carbocycles. The number of aliphatic hydroxyl groups is 1. The van der Waals surface area contributed by atoms with Crippen LogP contribution in [-0.2, 0) is 0 Å². The molecule has 2 unspecified atom stereocenters. The van der Waals surface area contributed by atoms with Crippen molar-refractivity contribution >= 4 is 17.7 Å². The number of aryl methyl sites for hydroxylation is 2. The number of thioether (sulfide) groups is 1. The number of carbonyl (C=O) groups is 1. The minimum absolute atomic E-state index is 0.00598. The van der Waals surface area contributed by atoms with E-state index in [2.05, 4.69) is 15.5 Å². The van der Waals surface area contributed by atoms with E-state index in [1.807, 2.05) is 20.1 Å². The maximum absolute atomic E-state index is 12.0. The van der Waals surface area contributed by atoms with Crippen molar-refractivity contribution in [2.45, 2.75) is 32.1 Å². The van der Waals surface area contributed by atoms with Gasteiger partial charge in [0.1, 0.15) is 0 Å². The van der Waals surface area contributed by atoms with Gasteiger partial charge in [-0.3, -0.25) is 9.89 Å². The Morgan fingerprint density at radius 1 is 1.59 bits per heavy atom. The number of carbonyl (C=O) groups excluding carboxylic acids is 1. The number of rotatable bonds is 5. The Labute approximate surface area is 105 Å². The molecule has 96 valence electrons. The van der Waals surface area contributed by atoms with Crippen molar-refractivity contribution in [2.75, 3.05) is 12.9 Å². The van der Waals surface area contributed by atoms with Crippen LogP contribution >= 0.6 is 11.8 Å². The second-order valence-corrected chi connectivity index (χ2v) is 5.10. The van der Waals surface area contributed by atoms with E-state index in [1.54, 1.807) is 6.92 Å². The summed E-state index contributed by atoms with van der Waals surface area (Å²) in [6, 6.07) is -0.0869. The third-order valence-corrected chi connectivity index (χ3v) is 3.92. The molecule has 0 aliphatic rings. The number of aromatic nitrogens is 2. The average Bonchev–Trinajstić information content (AvgIpc) is 2.60. The van der Waals surface area contributed by atoms with Crippen molar-refractivity contribution in [3.05, 3.63) is 17.0 Å². The third kappa shape index (κ3) is 3.23. The smallest absolute Gasteiger partial charge is 0.255 e. The van der Waals surface area contributed by atoms with Crippen molar-refractivity contribution in [2.24, 2.45) is 0 Å². The largest absolute Gasteiger partial charge is 0.395 e. The Morgan fingerprint density at radius 2 is 2.24 bits per heavy atom. The molecule has 1 rings (SSSR count). The fourth-order valence-electron chi connectivity index (χ4n) is 1.69. The van der Waals surface area contributed by atoms with E-state index < -0.39 is 0 Å². The monoisotopic (exact) mass is 257 g/mol. The van der Waals surface area contributed by atoms with Crippen LogP contribution in [0, 0.1) is 13.8 Å². The molecule has 2 atom stereocenters. The number of nitrogens with zero attached hydrogens (tertiary/aromatic N) is 1. The Balaban J connectivity index is 2.73. The summed E-state index contributed by atoms with van der Waals surface area (Å²) in [4.78, 5) is 12.0. The average molecular weight is 257 g/mol. The van der Waals surface area contributed by atoms with Gasteiger partial charge in [-0.05, 0) is 27.0 Å². The lowest BCUT2D eigenvalue weighted by Gasteiger charge is -2.21. The molecule has 0 bridgehead atoms. The molecular formula is C11H19N3O2S. The van der Waals surface area contributed by atoms with Crippen molar-refractivity contribution in [3.63, 3.8) is 0 Å². The Hall–Kier alpha value is -1.01. The molecule has 0 spiro atoms. The zero-order chi connectivity index (χ0) is 13.0. The zero-order valence-corrected chi connectivity index (χ0v) is 11.4. The van der Waals surface area contributed by atoms with E-state index in [9.17, 15) is 4.79 Å². The van der Waals surface area contributed by atoms with Gasteiger partial charge in [-0.25, -0.2) is 0 Å². The van der Waals surface area contributed by atoms with Gasteiger partial charge in [0.2, 0.25) is 0 Å². The molecule has 1 aromatic rings. The first-order chi connectivity index (χ1) is 8.01. The van der Waals surface area contributed by atoms with Gasteiger partial charge in [0.25, 0.3) is 5.91 Å². The number of amides is 1. The maximum Gasteiger partial charge on any atom is 0.255 e. The van der Waals surface area contributed by atoms with Gasteiger partial charge >= 0.3 is 0 Å². The minimum atomic E-state index is -0.145. The molecule has 0 saturated carbocycles.